The van der Waals surface area contributed by atoms with Crippen LogP contribution in [0.25, 0.3) is 32.2 Å². The lowest BCUT2D eigenvalue weighted by molar-refractivity contribution is 0.0636. The van der Waals surface area contributed by atoms with E-state index in [0.717, 1.165) is 34.0 Å². The maximum Gasteiger partial charge on any atom is 0.412 e. The summed E-state index contributed by atoms with van der Waals surface area (Å²) < 4.78 is 26.5. The number of anilines is 2. The summed E-state index contributed by atoms with van der Waals surface area (Å²) in [4.78, 5) is 26.0. The molecule has 2 aliphatic rings. The molecule has 13 heteroatoms. The van der Waals surface area contributed by atoms with Crippen LogP contribution in [0.1, 0.15) is 37.5 Å². The number of ether oxygens (including phenoxy) is 2. The minimum absolute atomic E-state index is 0.0415. The van der Waals surface area contributed by atoms with Crippen molar-refractivity contribution in [3.8, 4) is 17.3 Å². The molecule has 6 rings (SSSR count). The molecule has 1 aromatic carbocycles. The number of pyridine rings is 2. The fourth-order valence-corrected chi connectivity index (χ4v) is 7.13. The van der Waals surface area contributed by atoms with E-state index in [2.05, 4.69) is 16.4 Å². The van der Waals surface area contributed by atoms with E-state index in [0.29, 0.717) is 47.3 Å². The van der Waals surface area contributed by atoms with Gasteiger partial charge in [-0.05, 0) is 58.1 Å². The van der Waals surface area contributed by atoms with Crippen molar-refractivity contribution in [2.75, 3.05) is 37.4 Å². The highest BCUT2D eigenvalue weighted by Gasteiger charge is 2.34. The number of carbonyl (C=O) groups excluding carboxylic acids is 1. The van der Waals surface area contributed by atoms with E-state index in [1.807, 2.05) is 36.0 Å². The minimum atomic E-state index is -0.767. The predicted octanol–water partition coefficient (Wildman–Crippen LogP) is 5.66. The molecule has 1 fully saturated rings. The van der Waals surface area contributed by atoms with Crippen LogP contribution in [0.15, 0.2) is 18.3 Å². The molecule has 43 heavy (non-hydrogen) atoms. The second-order valence-corrected chi connectivity index (χ2v) is 13.3. The maximum absolute atomic E-state index is 15.2. The van der Waals surface area contributed by atoms with Crippen molar-refractivity contribution >= 4 is 60.8 Å². The number of aromatic nitrogens is 2. The van der Waals surface area contributed by atoms with Gasteiger partial charge in [-0.1, -0.05) is 11.6 Å². The number of aliphatic hydroxyl groups excluding tert-OH is 1. The Morgan fingerprint density at radius 3 is 2.72 bits per heavy atom. The molecule has 2 atom stereocenters. The van der Waals surface area contributed by atoms with E-state index >= 15 is 4.39 Å². The van der Waals surface area contributed by atoms with Crippen molar-refractivity contribution in [2.24, 2.45) is 0 Å². The summed E-state index contributed by atoms with van der Waals surface area (Å²) >= 11 is 8.08. The molecule has 0 aliphatic carbocycles. The van der Waals surface area contributed by atoms with Crippen LogP contribution in [0.4, 0.5) is 20.0 Å². The Kier molecular flexibility index (Phi) is 7.43. The number of carbonyl (C=O) groups is 1. The number of nitrogens with one attached hydrogen (secondary N) is 1. The van der Waals surface area contributed by atoms with Crippen molar-refractivity contribution in [1.82, 2.24) is 14.9 Å². The topological polar surface area (TPSA) is 124 Å². The Balaban J connectivity index is 1.53. The van der Waals surface area contributed by atoms with Crippen molar-refractivity contribution in [3.05, 3.63) is 45.9 Å². The van der Waals surface area contributed by atoms with Crippen molar-refractivity contribution in [2.45, 2.75) is 51.7 Å². The third-order valence-corrected chi connectivity index (χ3v) is 9.15. The van der Waals surface area contributed by atoms with Crippen LogP contribution in [0.3, 0.4) is 0 Å². The lowest BCUT2D eigenvalue weighted by atomic mass is 9.94. The molecular weight excluding hydrogens is 595 g/mol. The van der Waals surface area contributed by atoms with E-state index in [1.54, 1.807) is 20.8 Å². The largest absolute Gasteiger partial charge is 0.444 e. The second-order valence-electron chi connectivity index (χ2n) is 11.9. The highest BCUT2D eigenvalue weighted by Crippen LogP contribution is 2.48. The number of nitrogens with zero attached hydrogens (tertiary/aromatic N) is 5. The number of hydrogen-bond acceptors (Lipinski definition) is 10. The van der Waals surface area contributed by atoms with E-state index in [1.165, 1.54) is 0 Å². The zero-order chi connectivity index (χ0) is 30.8. The molecule has 0 saturated carbocycles. The quantitative estimate of drug-likeness (QED) is 0.296. The van der Waals surface area contributed by atoms with Gasteiger partial charge in [0.1, 0.15) is 22.5 Å². The van der Waals surface area contributed by atoms with E-state index in [4.69, 9.17) is 26.1 Å². The molecule has 0 spiro atoms. The molecule has 5 heterocycles. The van der Waals surface area contributed by atoms with E-state index in [9.17, 15) is 15.2 Å². The molecular formula is C30H30ClFN6O4S. The van der Waals surface area contributed by atoms with Crippen LogP contribution in [0.5, 0.6) is 0 Å². The number of nitriles is 1. The van der Waals surface area contributed by atoms with E-state index in [-0.39, 0.29) is 33.3 Å². The van der Waals surface area contributed by atoms with Gasteiger partial charge in [-0.2, -0.15) is 5.26 Å². The predicted molar refractivity (Wildman–Crippen MR) is 164 cm³/mol. The van der Waals surface area contributed by atoms with Crippen LogP contribution >= 0.6 is 22.9 Å². The normalized spacial score (nSPS) is 18.5. The summed E-state index contributed by atoms with van der Waals surface area (Å²) in [6.45, 7) is 6.77. The molecule has 2 aliphatic heterocycles. The average Bonchev–Trinajstić information content (AvgIpc) is 3.66. The maximum atomic E-state index is 15.2. The Morgan fingerprint density at radius 1 is 1.30 bits per heavy atom. The average molecular weight is 625 g/mol. The van der Waals surface area contributed by atoms with Gasteiger partial charge in [-0.3, -0.25) is 10.3 Å². The van der Waals surface area contributed by atoms with Crippen LogP contribution in [0.2, 0.25) is 5.02 Å². The number of β-amino-alcohol motifs (C(OH)–C–C–N with tert-alkyl or cyclic N) is 1. The number of likely N-dealkylation sites (N-methyl/N-ethyl adjacent to an activating group) is 1. The summed E-state index contributed by atoms with van der Waals surface area (Å²) in [5.74, 6) is 0.0302. The third kappa shape index (κ3) is 5.15. The molecule has 0 unspecified atom stereocenters. The lowest BCUT2D eigenvalue weighted by Crippen LogP contribution is -2.38. The first-order valence-corrected chi connectivity index (χ1v) is 14.9. The smallest absolute Gasteiger partial charge is 0.412 e. The first kappa shape index (κ1) is 29.5. The third-order valence-electron chi connectivity index (χ3n) is 7.67. The van der Waals surface area contributed by atoms with Gasteiger partial charge in [-0.15, -0.1) is 11.3 Å². The van der Waals surface area contributed by atoms with Crippen molar-refractivity contribution < 1.29 is 23.8 Å². The van der Waals surface area contributed by atoms with Crippen LogP contribution in [-0.2, 0) is 22.7 Å². The number of aliphatic hydroxyl groups is 1. The van der Waals surface area contributed by atoms with Gasteiger partial charge in [0.05, 0.1) is 58.1 Å². The SMILES string of the molecule is CN(C)[C@H]1CN(c2ccc3c4c(c(-c5ncc(F)c6sc(NC(=O)OC(C)(C)C)c(C#N)c56)c(Cl)c3n2)COC4)C[C@H]1O. The molecule has 1 saturated heterocycles. The number of rotatable bonds is 4. The lowest BCUT2D eigenvalue weighted by Gasteiger charge is -2.22. The summed E-state index contributed by atoms with van der Waals surface area (Å²) in [6, 6.07) is 5.95. The molecule has 224 valence electrons. The first-order chi connectivity index (χ1) is 20.4. The van der Waals surface area contributed by atoms with Gasteiger partial charge in [0, 0.05) is 29.4 Å². The number of benzene rings is 1. The molecule has 0 radical (unpaired) electrons. The molecule has 2 N–H and O–H groups in total. The van der Waals surface area contributed by atoms with Gasteiger partial charge in [0.15, 0.2) is 5.82 Å². The minimum Gasteiger partial charge on any atom is -0.444 e. The molecule has 0 bridgehead atoms. The van der Waals surface area contributed by atoms with Crippen LogP contribution in [0, 0.1) is 17.1 Å². The number of thiophene rings is 1. The summed E-state index contributed by atoms with van der Waals surface area (Å²) in [7, 11) is 3.87. The number of halogens is 2. The highest BCUT2D eigenvalue weighted by atomic mass is 35.5. The zero-order valence-electron chi connectivity index (χ0n) is 24.3. The summed E-state index contributed by atoms with van der Waals surface area (Å²) in [5, 5.41) is 24.9. The Bertz CT molecular complexity index is 1830. The van der Waals surface area contributed by atoms with Gasteiger partial charge in [0.2, 0.25) is 0 Å². The van der Waals surface area contributed by atoms with Crippen LogP contribution in [-0.4, -0.2) is 71.0 Å². The number of fused-ring (bicyclic) bond motifs is 4. The number of hydrogen-bond donors (Lipinski definition) is 2. The molecule has 3 aromatic heterocycles. The zero-order valence-corrected chi connectivity index (χ0v) is 25.9. The van der Waals surface area contributed by atoms with Crippen LogP contribution < -0.4 is 10.2 Å². The van der Waals surface area contributed by atoms with Crippen molar-refractivity contribution in [3.63, 3.8) is 0 Å². The monoisotopic (exact) mass is 624 g/mol. The summed E-state index contributed by atoms with van der Waals surface area (Å²) in [6.07, 6.45) is -0.203. The molecule has 4 aromatic rings. The Hall–Kier alpha value is -3.60. The fraction of sp³-hybridized carbons (Fsp3) is 0.400. The fourth-order valence-electron chi connectivity index (χ4n) is 5.74. The standard InChI is InChI=1S/C30H30ClFN6O4S/c1-30(2,3)42-29(40)36-28-15(8-33)23-26(34-9-18(32)27(23)43-28)22-17-13-41-12-16(17)14-6-7-21(35-25(14)24(22)31)38-10-19(37(4)5)20(39)11-38/h6-7,9,19-20,39H,10-13H2,1-5H3,(H,36,40)/t19-,20+/m0/s1. The van der Waals surface area contributed by atoms with E-state index < -0.39 is 23.6 Å². The molecule has 1 amide bonds. The number of amides is 1. The Labute approximate surface area is 256 Å². The van der Waals surface area contributed by atoms with Gasteiger partial charge >= 0.3 is 6.09 Å². The highest BCUT2D eigenvalue weighted by molar-refractivity contribution is 7.23. The first-order valence-electron chi connectivity index (χ1n) is 13.7. The van der Waals surface area contributed by atoms with Gasteiger partial charge in [-0.25, -0.2) is 14.2 Å². The van der Waals surface area contributed by atoms with Gasteiger partial charge in [0.25, 0.3) is 0 Å². The molecule has 10 nitrogen and oxygen atoms in total. The second kappa shape index (κ2) is 10.8. The summed E-state index contributed by atoms with van der Waals surface area (Å²) in [5.41, 5.74) is 2.28. The van der Waals surface area contributed by atoms with Crippen molar-refractivity contribution in [1.29, 1.82) is 5.26 Å². The Morgan fingerprint density at radius 2 is 2.05 bits per heavy atom. The van der Waals surface area contributed by atoms with Gasteiger partial charge < -0.3 is 24.4 Å².